The smallest absolute Gasteiger partial charge is 0.414 e. The van der Waals surface area contributed by atoms with Crippen LogP contribution in [0.2, 0.25) is 0 Å². The van der Waals surface area contributed by atoms with Crippen molar-refractivity contribution in [2.24, 2.45) is 0 Å². The number of pyridine rings is 1. The molecule has 10 nitrogen and oxygen atoms in total. The minimum absolute atomic E-state index is 0.0968. The zero-order valence-corrected chi connectivity index (χ0v) is 19.4. The number of cyclic esters (lactones) is 1. The van der Waals surface area contributed by atoms with Gasteiger partial charge in [0.25, 0.3) is 5.89 Å². The van der Waals surface area contributed by atoms with E-state index in [0.717, 1.165) is 6.42 Å². The third kappa shape index (κ3) is 4.82. The fourth-order valence-corrected chi connectivity index (χ4v) is 4.34. The lowest BCUT2D eigenvalue weighted by molar-refractivity contribution is -0.149. The van der Waals surface area contributed by atoms with Gasteiger partial charge in [0.15, 0.2) is 6.10 Å². The number of esters is 1. The summed E-state index contributed by atoms with van der Waals surface area (Å²) in [6, 6.07) is 7.30. The molecule has 0 bridgehead atoms. The molecule has 4 heterocycles. The summed E-state index contributed by atoms with van der Waals surface area (Å²) in [6.45, 7) is 2.32. The van der Waals surface area contributed by atoms with Crippen LogP contribution >= 0.6 is 11.8 Å². The molecule has 0 N–H and O–H groups in total. The van der Waals surface area contributed by atoms with E-state index < -0.39 is 30.0 Å². The van der Waals surface area contributed by atoms with E-state index in [1.165, 1.54) is 21.6 Å². The highest BCUT2D eigenvalue weighted by molar-refractivity contribution is 6.15. The maximum absolute atomic E-state index is 15.0. The number of anilines is 1. The number of aryl methyl sites for hydroxylation is 1. The van der Waals surface area contributed by atoms with Crippen molar-refractivity contribution >= 4 is 29.5 Å². The first-order chi connectivity index (χ1) is 16.9. The summed E-state index contributed by atoms with van der Waals surface area (Å²) in [5.41, 5.74) is 1.67. The van der Waals surface area contributed by atoms with Crippen molar-refractivity contribution in [1.82, 2.24) is 19.6 Å². The average Bonchev–Trinajstić information content (AvgIpc) is 3.57. The van der Waals surface area contributed by atoms with Gasteiger partial charge in [-0.25, -0.2) is 13.6 Å². The molecule has 0 spiro atoms. The van der Waals surface area contributed by atoms with Crippen molar-refractivity contribution < 1.29 is 27.9 Å². The lowest BCUT2D eigenvalue weighted by Gasteiger charge is -2.17. The zero-order valence-electron chi connectivity index (χ0n) is 18.7. The van der Waals surface area contributed by atoms with Gasteiger partial charge in [0.2, 0.25) is 5.89 Å². The van der Waals surface area contributed by atoms with Gasteiger partial charge in [-0.15, -0.1) is 10.2 Å². The van der Waals surface area contributed by atoms with Crippen LogP contribution in [0.3, 0.4) is 0 Å². The van der Waals surface area contributed by atoms with E-state index in [-0.39, 0.29) is 19.0 Å². The average molecular weight is 502 g/mol. The third-order valence-corrected chi connectivity index (χ3v) is 6.23. The van der Waals surface area contributed by atoms with Gasteiger partial charge in [0.1, 0.15) is 24.2 Å². The van der Waals surface area contributed by atoms with Crippen LogP contribution in [0.1, 0.15) is 18.7 Å². The van der Waals surface area contributed by atoms with Crippen molar-refractivity contribution in [3.05, 3.63) is 48.2 Å². The number of amides is 1. The van der Waals surface area contributed by atoms with Crippen LogP contribution in [-0.2, 0) is 14.3 Å². The summed E-state index contributed by atoms with van der Waals surface area (Å²) in [5, 5.41) is 7.68. The first-order valence-electron chi connectivity index (χ1n) is 11.0. The number of hydrogen-bond acceptors (Lipinski definition) is 9. The highest BCUT2D eigenvalue weighted by atomic mass is 35.5. The molecule has 1 amide bonds. The molecule has 2 aliphatic heterocycles. The normalized spacial score (nSPS) is 20.3. The predicted octanol–water partition coefficient (Wildman–Crippen LogP) is 3.73. The number of nitrogens with zero attached hydrogens (tertiary/aromatic N) is 5. The molecule has 2 atom stereocenters. The molecule has 5 rings (SSSR count). The largest absolute Gasteiger partial charge is 0.460 e. The van der Waals surface area contributed by atoms with Crippen LogP contribution in [0.15, 0.2) is 40.9 Å². The number of ether oxygens (including phenoxy) is 2. The Kier molecular flexibility index (Phi) is 6.35. The maximum atomic E-state index is 15.0. The Balaban J connectivity index is 1.23. The van der Waals surface area contributed by atoms with E-state index in [1.54, 1.807) is 31.2 Å². The van der Waals surface area contributed by atoms with Gasteiger partial charge >= 0.3 is 12.1 Å². The number of carbonyl (C=O) groups excluding carboxylic acids is 2. The lowest BCUT2D eigenvalue weighted by atomic mass is 10.1. The molecular weight excluding hydrogens is 481 g/mol. The fourth-order valence-electron chi connectivity index (χ4n) is 4.04. The number of halogens is 2. The van der Waals surface area contributed by atoms with E-state index in [4.69, 9.17) is 25.7 Å². The molecule has 2 aromatic heterocycles. The molecule has 182 valence electrons. The van der Waals surface area contributed by atoms with Gasteiger partial charge in [-0.1, -0.05) is 6.07 Å². The van der Waals surface area contributed by atoms with Crippen LogP contribution in [0, 0.1) is 12.7 Å². The van der Waals surface area contributed by atoms with Crippen LogP contribution in [0.25, 0.3) is 22.7 Å². The molecule has 0 radical (unpaired) electrons. The first kappa shape index (κ1) is 23.2. The number of benzene rings is 1. The summed E-state index contributed by atoms with van der Waals surface area (Å²) >= 11 is 5.99. The molecule has 2 saturated heterocycles. The van der Waals surface area contributed by atoms with E-state index in [2.05, 4.69) is 15.2 Å². The predicted molar refractivity (Wildman–Crippen MR) is 122 cm³/mol. The van der Waals surface area contributed by atoms with Crippen molar-refractivity contribution in [2.75, 3.05) is 24.6 Å². The number of carbonyl (C=O) groups is 2. The van der Waals surface area contributed by atoms with E-state index in [0.29, 0.717) is 41.4 Å². The topological polar surface area (TPSA) is 111 Å². The monoisotopic (exact) mass is 501 g/mol. The quantitative estimate of drug-likeness (QED) is 0.368. The second kappa shape index (κ2) is 9.59. The minimum Gasteiger partial charge on any atom is -0.460 e. The van der Waals surface area contributed by atoms with Crippen LogP contribution in [0.4, 0.5) is 14.9 Å². The summed E-state index contributed by atoms with van der Waals surface area (Å²) < 4.78 is 32.3. The molecule has 0 aliphatic carbocycles. The Hall–Kier alpha value is -3.57. The second-order valence-corrected chi connectivity index (χ2v) is 8.68. The van der Waals surface area contributed by atoms with Crippen molar-refractivity contribution in [3.8, 4) is 22.7 Å². The Morgan fingerprint density at radius 1 is 1.29 bits per heavy atom. The minimum atomic E-state index is -0.663. The zero-order chi connectivity index (χ0) is 24.5. The van der Waals surface area contributed by atoms with Crippen LogP contribution in [-0.4, -0.2) is 63.5 Å². The van der Waals surface area contributed by atoms with Crippen LogP contribution < -0.4 is 4.90 Å². The maximum Gasteiger partial charge on any atom is 0.414 e. The summed E-state index contributed by atoms with van der Waals surface area (Å²) in [6.07, 6.45) is 1.64. The molecule has 2 aliphatic rings. The highest BCUT2D eigenvalue weighted by Gasteiger charge is 2.36. The number of aromatic nitrogens is 3. The Morgan fingerprint density at radius 2 is 2.14 bits per heavy atom. The summed E-state index contributed by atoms with van der Waals surface area (Å²) in [4.78, 5) is 30.1. The van der Waals surface area contributed by atoms with E-state index in [1.807, 2.05) is 0 Å². The van der Waals surface area contributed by atoms with Gasteiger partial charge < -0.3 is 13.9 Å². The second-order valence-electron chi connectivity index (χ2n) is 8.25. The number of hydrogen-bond donors (Lipinski definition) is 0. The lowest BCUT2D eigenvalue weighted by Crippen LogP contribution is -2.34. The summed E-state index contributed by atoms with van der Waals surface area (Å²) in [7, 11) is 0. The standard InChI is InChI=1S/C23H21ClFN5O5/c1-13-27-28-21(34-13)19-7-4-14(10-26-19)17-6-5-15(9-18(17)25)29-11-16(35-23(29)32)12-33-22(31)20-3-2-8-30(20)24/h4-7,9-10,16,20H,2-3,8,11-12H2,1H3/t16-,20?/m1/s1. The Labute approximate surface area is 204 Å². The summed E-state index contributed by atoms with van der Waals surface area (Å²) in [5.74, 6) is -0.280. The van der Waals surface area contributed by atoms with Crippen molar-refractivity contribution in [3.63, 3.8) is 0 Å². The van der Waals surface area contributed by atoms with Gasteiger partial charge in [-0.2, -0.15) is 0 Å². The van der Waals surface area contributed by atoms with Crippen LogP contribution in [0.5, 0.6) is 0 Å². The Bertz CT molecular complexity index is 1250. The van der Waals surface area contributed by atoms with Crippen molar-refractivity contribution in [1.29, 1.82) is 0 Å². The van der Waals surface area contributed by atoms with Gasteiger partial charge in [0.05, 0.1) is 12.2 Å². The first-order valence-corrected chi connectivity index (χ1v) is 11.4. The van der Waals surface area contributed by atoms with Gasteiger partial charge in [0, 0.05) is 30.8 Å². The molecule has 3 aromatic rings. The SMILES string of the molecule is Cc1nnc(-c2ccc(-c3ccc(N4C[C@H](COC(=O)C5CCCN5Cl)OC4=O)cc3F)cn2)o1. The van der Waals surface area contributed by atoms with E-state index >= 15 is 0 Å². The molecule has 35 heavy (non-hydrogen) atoms. The van der Waals surface area contributed by atoms with Gasteiger partial charge in [-0.05, 0) is 48.9 Å². The Morgan fingerprint density at radius 3 is 2.80 bits per heavy atom. The third-order valence-electron chi connectivity index (χ3n) is 5.83. The highest BCUT2D eigenvalue weighted by Crippen LogP contribution is 2.30. The molecular formula is C23H21ClFN5O5. The number of rotatable bonds is 6. The molecule has 0 saturated carbocycles. The van der Waals surface area contributed by atoms with Crippen molar-refractivity contribution in [2.45, 2.75) is 31.9 Å². The fraction of sp³-hybridized carbons (Fsp3) is 0.348. The molecule has 1 unspecified atom stereocenters. The molecule has 1 aromatic carbocycles. The van der Waals surface area contributed by atoms with E-state index in [9.17, 15) is 14.0 Å². The molecule has 12 heteroatoms. The molecule has 2 fully saturated rings. The van der Waals surface area contributed by atoms with Gasteiger partial charge in [-0.3, -0.25) is 14.7 Å².